The third-order valence-electron chi connectivity index (χ3n) is 5.82. The molecular formula is C29H24N2O6. The minimum absolute atomic E-state index is 0.0581. The van der Waals surface area contributed by atoms with Gasteiger partial charge in [-0.2, -0.15) is 4.73 Å². The quantitative estimate of drug-likeness (QED) is 0.228. The average Bonchev–Trinajstić information content (AvgIpc) is 2.94. The van der Waals surface area contributed by atoms with Gasteiger partial charge in [-0.1, -0.05) is 36.4 Å². The Kier molecular flexibility index (Phi) is 6.63. The minimum atomic E-state index is -0.578. The molecule has 4 aromatic carbocycles. The Morgan fingerprint density at radius 1 is 0.784 bits per heavy atom. The Labute approximate surface area is 213 Å². The Morgan fingerprint density at radius 2 is 1.46 bits per heavy atom. The number of benzene rings is 4. The van der Waals surface area contributed by atoms with Gasteiger partial charge in [0.15, 0.2) is 17.0 Å². The van der Waals surface area contributed by atoms with Crippen LogP contribution in [0.5, 0.6) is 23.0 Å². The van der Waals surface area contributed by atoms with Gasteiger partial charge in [-0.25, -0.2) is 0 Å². The molecular weight excluding hydrogens is 472 g/mol. The standard InChI is InChI=1S/C29H24N2O6/c1-34-26-17-12-20(18-27(26)35-2)19-36-31-25-11-7-6-10-24(25)30(33)28(29(31)32)21-13-15-23(16-14-21)37-22-8-4-3-5-9-22/h3-18H,19H2,1-2H3. The molecule has 0 radical (unpaired) electrons. The van der Waals surface area contributed by atoms with Gasteiger partial charge in [0.25, 0.3) is 5.69 Å². The molecule has 8 heteroatoms. The maximum Gasteiger partial charge on any atom is 0.357 e. The molecule has 0 spiro atoms. The van der Waals surface area contributed by atoms with Crippen molar-refractivity contribution in [1.82, 2.24) is 4.73 Å². The molecule has 0 saturated heterocycles. The number of nitrogens with zero attached hydrogens (tertiary/aromatic N) is 2. The van der Waals surface area contributed by atoms with Gasteiger partial charge in [0.05, 0.1) is 19.8 Å². The summed E-state index contributed by atoms with van der Waals surface area (Å²) in [6, 6.07) is 28.3. The molecule has 37 heavy (non-hydrogen) atoms. The highest BCUT2D eigenvalue weighted by Gasteiger charge is 2.23. The molecule has 0 aliphatic rings. The van der Waals surface area contributed by atoms with Crippen LogP contribution in [0.2, 0.25) is 0 Å². The van der Waals surface area contributed by atoms with Crippen LogP contribution in [0.15, 0.2) is 102 Å². The molecule has 0 bridgehead atoms. The summed E-state index contributed by atoms with van der Waals surface area (Å²) in [5, 5.41) is 13.3. The van der Waals surface area contributed by atoms with Gasteiger partial charge in [-0.15, -0.1) is 4.73 Å². The van der Waals surface area contributed by atoms with Gasteiger partial charge in [0.1, 0.15) is 18.1 Å². The second-order valence-corrected chi connectivity index (χ2v) is 8.13. The molecule has 0 N–H and O–H groups in total. The first kappa shape index (κ1) is 23.7. The fraction of sp³-hybridized carbons (Fsp3) is 0.103. The van der Waals surface area contributed by atoms with E-state index in [0.29, 0.717) is 44.3 Å². The van der Waals surface area contributed by atoms with Crippen molar-refractivity contribution in [3.63, 3.8) is 0 Å². The molecule has 5 rings (SSSR count). The molecule has 0 atom stereocenters. The molecule has 0 unspecified atom stereocenters. The Bertz CT molecular complexity index is 1600. The van der Waals surface area contributed by atoms with E-state index in [1.54, 1.807) is 74.9 Å². The normalized spacial score (nSPS) is 10.8. The van der Waals surface area contributed by atoms with Crippen LogP contribution in [0.3, 0.4) is 0 Å². The minimum Gasteiger partial charge on any atom is -0.618 e. The summed E-state index contributed by atoms with van der Waals surface area (Å²) in [5.41, 5.74) is 1.22. The van der Waals surface area contributed by atoms with Crippen LogP contribution in [0, 0.1) is 5.21 Å². The molecule has 1 aromatic heterocycles. The number of para-hydroxylation sites is 3. The van der Waals surface area contributed by atoms with Crippen LogP contribution in [-0.4, -0.2) is 19.0 Å². The number of rotatable bonds is 8. The molecule has 0 aliphatic carbocycles. The molecule has 0 fully saturated rings. The van der Waals surface area contributed by atoms with Crippen molar-refractivity contribution in [3.8, 4) is 34.3 Å². The largest absolute Gasteiger partial charge is 0.618 e. The van der Waals surface area contributed by atoms with Crippen LogP contribution in [0.1, 0.15) is 5.56 Å². The maximum absolute atomic E-state index is 13.6. The van der Waals surface area contributed by atoms with Crippen LogP contribution >= 0.6 is 0 Å². The van der Waals surface area contributed by atoms with Crippen molar-refractivity contribution in [2.45, 2.75) is 6.61 Å². The van der Waals surface area contributed by atoms with Gasteiger partial charge in [0.2, 0.25) is 5.52 Å². The average molecular weight is 497 g/mol. The first-order chi connectivity index (χ1) is 18.1. The summed E-state index contributed by atoms with van der Waals surface area (Å²) >= 11 is 0. The number of aromatic nitrogens is 2. The lowest BCUT2D eigenvalue weighted by Crippen LogP contribution is -2.42. The van der Waals surface area contributed by atoms with Crippen LogP contribution < -0.4 is 29.3 Å². The van der Waals surface area contributed by atoms with E-state index in [1.165, 1.54) is 0 Å². The number of fused-ring (bicyclic) bond motifs is 1. The second-order valence-electron chi connectivity index (χ2n) is 8.13. The molecule has 186 valence electrons. The number of methoxy groups -OCH3 is 2. The lowest BCUT2D eigenvalue weighted by Gasteiger charge is -2.15. The summed E-state index contributed by atoms with van der Waals surface area (Å²) < 4.78 is 18.3. The summed E-state index contributed by atoms with van der Waals surface area (Å²) in [6.07, 6.45) is 0. The van der Waals surface area contributed by atoms with Crippen LogP contribution in [0.4, 0.5) is 0 Å². The topological polar surface area (TPSA) is 85.9 Å². The van der Waals surface area contributed by atoms with Crippen molar-refractivity contribution in [3.05, 3.63) is 118 Å². The number of hydrogen-bond donors (Lipinski definition) is 0. The third-order valence-corrected chi connectivity index (χ3v) is 5.82. The number of hydrogen-bond acceptors (Lipinski definition) is 6. The third kappa shape index (κ3) is 4.77. The maximum atomic E-state index is 13.6. The molecule has 0 amide bonds. The van der Waals surface area contributed by atoms with E-state index in [0.717, 1.165) is 10.3 Å². The van der Waals surface area contributed by atoms with Crippen molar-refractivity contribution in [1.29, 1.82) is 0 Å². The van der Waals surface area contributed by atoms with Gasteiger partial charge in [0, 0.05) is 6.07 Å². The van der Waals surface area contributed by atoms with E-state index < -0.39 is 5.56 Å². The van der Waals surface area contributed by atoms with E-state index in [-0.39, 0.29) is 12.3 Å². The van der Waals surface area contributed by atoms with Crippen LogP contribution in [0.25, 0.3) is 22.3 Å². The summed E-state index contributed by atoms with van der Waals surface area (Å²) in [6.45, 7) is 0.0659. The SMILES string of the molecule is COc1ccc(COn2c(=O)c(-c3ccc(Oc4ccccc4)cc3)[n+]([O-])c3ccccc32)cc1OC. The van der Waals surface area contributed by atoms with E-state index >= 15 is 0 Å². The molecule has 8 nitrogen and oxygen atoms in total. The first-order valence-electron chi connectivity index (χ1n) is 11.5. The van der Waals surface area contributed by atoms with Gasteiger partial charge < -0.3 is 24.3 Å². The summed E-state index contributed by atoms with van der Waals surface area (Å²) in [5.74, 6) is 2.40. The number of ether oxygens (including phenoxy) is 3. The smallest absolute Gasteiger partial charge is 0.357 e. The molecule has 0 aliphatic heterocycles. The van der Waals surface area contributed by atoms with Gasteiger partial charge in [-0.05, 0) is 60.2 Å². The van der Waals surface area contributed by atoms with Crippen molar-refractivity contribution >= 4 is 11.0 Å². The van der Waals surface area contributed by atoms with E-state index in [4.69, 9.17) is 19.0 Å². The fourth-order valence-corrected chi connectivity index (χ4v) is 4.00. The lowest BCUT2D eigenvalue weighted by atomic mass is 10.1. The predicted octanol–water partition coefficient (Wildman–Crippen LogP) is 4.74. The first-order valence-corrected chi connectivity index (χ1v) is 11.5. The highest BCUT2D eigenvalue weighted by atomic mass is 16.7. The monoisotopic (exact) mass is 496 g/mol. The molecule has 0 saturated carbocycles. The predicted molar refractivity (Wildman–Crippen MR) is 139 cm³/mol. The van der Waals surface area contributed by atoms with Gasteiger partial charge in [-0.3, -0.25) is 4.79 Å². The zero-order valence-corrected chi connectivity index (χ0v) is 20.3. The molecule has 5 aromatic rings. The van der Waals surface area contributed by atoms with Gasteiger partial charge >= 0.3 is 5.56 Å². The zero-order chi connectivity index (χ0) is 25.8. The van der Waals surface area contributed by atoms with Crippen LogP contribution in [-0.2, 0) is 6.61 Å². The highest BCUT2D eigenvalue weighted by molar-refractivity contribution is 5.73. The van der Waals surface area contributed by atoms with E-state index in [2.05, 4.69) is 0 Å². The highest BCUT2D eigenvalue weighted by Crippen LogP contribution is 2.28. The summed E-state index contributed by atoms with van der Waals surface area (Å²) in [7, 11) is 3.11. The fourth-order valence-electron chi connectivity index (χ4n) is 4.00. The zero-order valence-electron chi connectivity index (χ0n) is 20.3. The Balaban J connectivity index is 1.51. The summed E-state index contributed by atoms with van der Waals surface area (Å²) in [4.78, 5) is 19.5. The Morgan fingerprint density at radius 3 is 2.19 bits per heavy atom. The second kappa shape index (κ2) is 10.3. The van der Waals surface area contributed by atoms with Crippen molar-refractivity contribution in [2.75, 3.05) is 14.2 Å². The Hall–Kier alpha value is -4.98. The van der Waals surface area contributed by atoms with E-state index in [9.17, 15) is 10.0 Å². The van der Waals surface area contributed by atoms with E-state index in [1.807, 2.05) is 36.4 Å². The van der Waals surface area contributed by atoms with Crippen molar-refractivity contribution in [2.24, 2.45) is 0 Å². The van der Waals surface area contributed by atoms with Crippen molar-refractivity contribution < 1.29 is 23.8 Å². The molecule has 1 heterocycles. The lowest BCUT2D eigenvalue weighted by molar-refractivity contribution is -0.566.